The summed E-state index contributed by atoms with van der Waals surface area (Å²) in [7, 11) is 0. The van der Waals surface area contributed by atoms with Crippen LogP contribution in [0.25, 0.3) is 0 Å². The van der Waals surface area contributed by atoms with Gasteiger partial charge in [-0.05, 0) is 12.3 Å². The van der Waals surface area contributed by atoms with Crippen molar-refractivity contribution in [1.29, 1.82) is 0 Å². The second kappa shape index (κ2) is 7.06. The molecule has 1 aromatic heterocycles. The Kier molecular flexibility index (Phi) is 5.40. The van der Waals surface area contributed by atoms with E-state index in [-0.39, 0.29) is 0 Å². The number of rotatable bonds is 7. The van der Waals surface area contributed by atoms with Gasteiger partial charge in [0.05, 0.1) is 12.3 Å². The third kappa shape index (κ3) is 3.80. The van der Waals surface area contributed by atoms with Crippen molar-refractivity contribution >= 4 is 0 Å². The monoisotopic (exact) mass is 265 g/mol. The summed E-state index contributed by atoms with van der Waals surface area (Å²) in [6.45, 7) is 11.3. The first-order valence-electron chi connectivity index (χ1n) is 7.58. The molecule has 0 saturated carbocycles. The third-order valence-corrected chi connectivity index (χ3v) is 3.68. The summed E-state index contributed by atoms with van der Waals surface area (Å²) in [4.78, 5) is 4.74. The number of hydrogen-bond acceptors (Lipinski definition) is 3. The molecule has 0 bridgehead atoms. The Labute approximate surface area is 116 Å². The van der Waals surface area contributed by atoms with E-state index in [2.05, 4.69) is 30.7 Å². The molecule has 0 spiro atoms. The van der Waals surface area contributed by atoms with Crippen LogP contribution in [-0.2, 0) is 30.7 Å². The fourth-order valence-electron chi connectivity index (χ4n) is 2.54. The van der Waals surface area contributed by atoms with Crippen LogP contribution in [0.1, 0.15) is 44.4 Å². The molecule has 0 radical (unpaired) electrons. The Hall–Kier alpha value is -0.870. The number of aryl methyl sites for hydroxylation is 1. The topological polar surface area (TPSA) is 39.1 Å². The Bertz CT molecular complexity index is 398. The number of ether oxygens (including phenoxy) is 1. The van der Waals surface area contributed by atoms with Crippen molar-refractivity contribution in [2.75, 3.05) is 19.8 Å². The van der Waals surface area contributed by atoms with Gasteiger partial charge in [-0.2, -0.15) is 0 Å². The van der Waals surface area contributed by atoms with Crippen molar-refractivity contribution in [2.24, 2.45) is 5.92 Å². The average molecular weight is 265 g/mol. The largest absolute Gasteiger partial charge is 0.380 e. The van der Waals surface area contributed by atoms with Crippen LogP contribution in [-0.4, -0.2) is 29.3 Å². The van der Waals surface area contributed by atoms with Crippen LogP contribution < -0.4 is 5.32 Å². The minimum absolute atomic E-state index is 0.721. The van der Waals surface area contributed by atoms with Crippen molar-refractivity contribution in [3.8, 4) is 0 Å². The first-order chi connectivity index (χ1) is 9.22. The van der Waals surface area contributed by atoms with Crippen molar-refractivity contribution in [3.63, 3.8) is 0 Å². The van der Waals surface area contributed by atoms with Gasteiger partial charge in [0.25, 0.3) is 0 Å². The Balaban J connectivity index is 1.90. The third-order valence-electron chi connectivity index (χ3n) is 3.68. The molecule has 0 unspecified atom stereocenters. The minimum Gasteiger partial charge on any atom is -0.380 e. The number of nitrogens with one attached hydrogen (secondary N) is 1. The van der Waals surface area contributed by atoms with Gasteiger partial charge in [-0.3, -0.25) is 0 Å². The summed E-state index contributed by atoms with van der Waals surface area (Å²) in [5.41, 5.74) is 2.66. The summed E-state index contributed by atoms with van der Waals surface area (Å²) in [5, 5.41) is 3.39. The van der Waals surface area contributed by atoms with Crippen LogP contribution in [0.15, 0.2) is 0 Å². The second-order valence-corrected chi connectivity index (χ2v) is 5.65. The maximum atomic E-state index is 5.74. The maximum Gasteiger partial charge on any atom is 0.109 e. The molecule has 2 heterocycles. The van der Waals surface area contributed by atoms with Crippen molar-refractivity contribution in [1.82, 2.24) is 14.9 Å². The van der Waals surface area contributed by atoms with Gasteiger partial charge in [-0.25, -0.2) is 4.98 Å². The van der Waals surface area contributed by atoms with Gasteiger partial charge in [0.15, 0.2) is 0 Å². The van der Waals surface area contributed by atoms with Crippen molar-refractivity contribution in [2.45, 2.75) is 53.1 Å². The highest BCUT2D eigenvalue weighted by atomic mass is 16.5. The first kappa shape index (κ1) is 14.5. The summed E-state index contributed by atoms with van der Waals surface area (Å²) in [6, 6.07) is 0. The molecule has 0 amide bonds. The van der Waals surface area contributed by atoms with Gasteiger partial charge in [0.1, 0.15) is 5.82 Å². The van der Waals surface area contributed by atoms with Gasteiger partial charge in [-0.15, -0.1) is 0 Å². The number of imidazole rings is 1. The van der Waals surface area contributed by atoms with E-state index in [0.717, 1.165) is 58.0 Å². The van der Waals surface area contributed by atoms with Gasteiger partial charge in [-0.1, -0.05) is 20.8 Å². The highest BCUT2D eigenvalue weighted by Crippen LogP contribution is 2.16. The van der Waals surface area contributed by atoms with Crippen LogP contribution in [0.4, 0.5) is 0 Å². The number of nitrogens with zero attached hydrogens (tertiary/aromatic N) is 2. The highest BCUT2D eigenvalue weighted by Gasteiger charge is 2.18. The molecule has 0 aliphatic carbocycles. The Morgan fingerprint density at radius 1 is 1.37 bits per heavy atom. The molecule has 0 fully saturated rings. The van der Waals surface area contributed by atoms with Gasteiger partial charge < -0.3 is 14.6 Å². The van der Waals surface area contributed by atoms with Crippen LogP contribution in [0.2, 0.25) is 0 Å². The summed E-state index contributed by atoms with van der Waals surface area (Å²) >= 11 is 0. The lowest BCUT2D eigenvalue weighted by molar-refractivity contribution is 0.115. The van der Waals surface area contributed by atoms with Gasteiger partial charge in [0.2, 0.25) is 0 Å². The van der Waals surface area contributed by atoms with E-state index in [0.29, 0.717) is 0 Å². The molecule has 0 saturated heterocycles. The highest BCUT2D eigenvalue weighted by molar-refractivity contribution is 5.20. The predicted octanol–water partition coefficient (Wildman–Crippen LogP) is 2.15. The summed E-state index contributed by atoms with van der Waals surface area (Å²) < 4.78 is 8.12. The lowest BCUT2D eigenvalue weighted by Crippen LogP contribution is -2.25. The molecular weight excluding hydrogens is 238 g/mol. The molecule has 4 nitrogen and oxygen atoms in total. The van der Waals surface area contributed by atoms with Crippen LogP contribution in [0.3, 0.4) is 0 Å². The summed E-state index contributed by atoms with van der Waals surface area (Å²) in [6.07, 6.45) is 3.24. The predicted molar refractivity (Wildman–Crippen MR) is 77.3 cm³/mol. The molecule has 0 atom stereocenters. The minimum atomic E-state index is 0.721. The maximum absolute atomic E-state index is 5.74. The molecule has 108 valence electrons. The van der Waals surface area contributed by atoms with Crippen LogP contribution >= 0.6 is 0 Å². The number of aromatic nitrogens is 2. The molecule has 1 aliphatic heterocycles. The average Bonchev–Trinajstić information content (AvgIpc) is 2.76. The zero-order valence-corrected chi connectivity index (χ0v) is 12.5. The molecule has 19 heavy (non-hydrogen) atoms. The fourth-order valence-corrected chi connectivity index (χ4v) is 2.54. The SMILES string of the molecule is CCc1nc2c(n1CCOCCC(C)C)CCNC2. The zero-order valence-electron chi connectivity index (χ0n) is 12.5. The van der Waals surface area contributed by atoms with E-state index in [1.807, 2.05) is 0 Å². The molecule has 1 aliphatic rings. The fraction of sp³-hybridized carbons (Fsp3) is 0.800. The first-order valence-corrected chi connectivity index (χ1v) is 7.58. The number of hydrogen-bond donors (Lipinski definition) is 1. The van der Waals surface area contributed by atoms with Crippen molar-refractivity contribution in [3.05, 3.63) is 17.2 Å². The zero-order chi connectivity index (χ0) is 13.7. The molecule has 1 N–H and O–H groups in total. The molecule has 0 aromatic carbocycles. The second-order valence-electron chi connectivity index (χ2n) is 5.65. The Morgan fingerprint density at radius 2 is 2.21 bits per heavy atom. The molecule has 4 heteroatoms. The lowest BCUT2D eigenvalue weighted by atomic mass is 10.1. The lowest BCUT2D eigenvalue weighted by Gasteiger charge is -2.16. The van der Waals surface area contributed by atoms with Crippen LogP contribution in [0.5, 0.6) is 0 Å². The summed E-state index contributed by atoms with van der Waals surface area (Å²) in [5.74, 6) is 1.93. The van der Waals surface area contributed by atoms with Gasteiger partial charge >= 0.3 is 0 Å². The van der Waals surface area contributed by atoms with E-state index in [9.17, 15) is 0 Å². The quantitative estimate of drug-likeness (QED) is 0.768. The van der Waals surface area contributed by atoms with E-state index >= 15 is 0 Å². The Morgan fingerprint density at radius 3 is 2.95 bits per heavy atom. The van der Waals surface area contributed by atoms with Crippen molar-refractivity contribution < 1.29 is 4.74 Å². The van der Waals surface area contributed by atoms with Gasteiger partial charge in [0, 0.05) is 44.8 Å². The standard InChI is InChI=1S/C15H27N3O/c1-4-15-17-13-11-16-7-5-14(13)18(15)8-10-19-9-6-12(2)3/h12,16H,4-11H2,1-3H3. The normalized spacial score (nSPS) is 14.9. The molecule has 1 aromatic rings. The van der Waals surface area contributed by atoms with E-state index < -0.39 is 0 Å². The molecular formula is C15H27N3O. The smallest absolute Gasteiger partial charge is 0.109 e. The van der Waals surface area contributed by atoms with E-state index in [1.54, 1.807) is 0 Å². The molecule has 2 rings (SSSR count). The van der Waals surface area contributed by atoms with E-state index in [4.69, 9.17) is 9.72 Å². The number of fused-ring (bicyclic) bond motifs is 1. The van der Waals surface area contributed by atoms with Crippen LogP contribution in [0, 0.1) is 5.92 Å². The van der Waals surface area contributed by atoms with E-state index in [1.165, 1.54) is 17.2 Å².